The number of nitrogens with zero attached hydrogens (tertiary/aromatic N) is 3. The normalized spacial score (nSPS) is 12.0. The predicted octanol–water partition coefficient (Wildman–Crippen LogP) is 2.98. The highest BCUT2D eigenvalue weighted by Gasteiger charge is 2.19. The molecule has 0 spiro atoms. The summed E-state index contributed by atoms with van der Waals surface area (Å²) in [6.45, 7) is 1.88. The van der Waals surface area contributed by atoms with Crippen molar-refractivity contribution in [1.82, 2.24) is 10.2 Å². The maximum atomic E-state index is 12.4. The number of aromatic nitrogens is 2. The number of rotatable bonds is 6. The molecule has 2 aromatic rings. The molecule has 0 aliphatic carbocycles. The van der Waals surface area contributed by atoms with Crippen LogP contribution < -0.4 is 9.64 Å². The molecule has 0 radical (unpaired) electrons. The van der Waals surface area contributed by atoms with Crippen LogP contribution in [0.5, 0.6) is 5.75 Å². The lowest BCUT2D eigenvalue weighted by atomic mass is 10.1. The van der Waals surface area contributed by atoms with E-state index in [1.54, 1.807) is 31.4 Å². The number of benzene rings is 1. The van der Waals surface area contributed by atoms with Gasteiger partial charge in [0.2, 0.25) is 5.13 Å². The smallest absolute Gasteiger partial charge is 0.208 e. The third kappa shape index (κ3) is 3.95. The molecule has 0 aliphatic heterocycles. The van der Waals surface area contributed by atoms with Crippen LogP contribution in [0.3, 0.4) is 0 Å². The molecule has 0 aliphatic rings. The fraction of sp³-hybridized carbons (Fsp3) is 0.357. The molecule has 1 aromatic carbocycles. The Balaban J connectivity index is 2.04. The van der Waals surface area contributed by atoms with E-state index in [9.17, 15) is 4.79 Å². The molecule has 1 heterocycles. The van der Waals surface area contributed by atoms with Crippen LogP contribution in [0.4, 0.5) is 5.13 Å². The van der Waals surface area contributed by atoms with Crippen LogP contribution in [0.25, 0.3) is 0 Å². The van der Waals surface area contributed by atoms with Crippen LogP contribution in [0.1, 0.15) is 17.3 Å². The number of carbonyl (C=O) groups is 1. The van der Waals surface area contributed by atoms with E-state index in [2.05, 4.69) is 10.2 Å². The standard InChI is InChI=1S/C14H17N3O2S2/c1-9(20-14-16-15-13(21-14)17(2)3)12(18)10-5-7-11(19-4)8-6-10/h5-9H,1-4H3. The largest absolute Gasteiger partial charge is 0.497 e. The lowest BCUT2D eigenvalue weighted by Gasteiger charge is -2.08. The van der Waals surface area contributed by atoms with Crippen molar-refractivity contribution >= 4 is 34.0 Å². The number of Topliss-reactive ketones (excluding diaryl/α,β-unsaturated/α-hetero) is 1. The molecular formula is C14H17N3O2S2. The summed E-state index contributed by atoms with van der Waals surface area (Å²) in [4.78, 5) is 14.3. The number of hydrogen-bond acceptors (Lipinski definition) is 7. The van der Waals surface area contributed by atoms with Gasteiger partial charge in [0.15, 0.2) is 10.1 Å². The van der Waals surface area contributed by atoms with Gasteiger partial charge in [0.25, 0.3) is 0 Å². The number of methoxy groups -OCH3 is 1. The summed E-state index contributed by atoms with van der Waals surface area (Å²) >= 11 is 2.91. The zero-order chi connectivity index (χ0) is 15.4. The minimum absolute atomic E-state index is 0.0734. The summed E-state index contributed by atoms with van der Waals surface area (Å²) in [6.07, 6.45) is 0. The van der Waals surface area contributed by atoms with Gasteiger partial charge in [-0.1, -0.05) is 23.1 Å². The molecule has 2 rings (SSSR count). The van der Waals surface area contributed by atoms with Crippen LogP contribution in [0, 0.1) is 0 Å². The molecule has 1 unspecified atom stereocenters. The van der Waals surface area contributed by atoms with E-state index >= 15 is 0 Å². The fourth-order valence-electron chi connectivity index (χ4n) is 1.63. The van der Waals surface area contributed by atoms with Gasteiger partial charge in [-0.05, 0) is 31.2 Å². The fourth-order valence-corrected chi connectivity index (χ4v) is 3.61. The van der Waals surface area contributed by atoms with E-state index < -0.39 is 0 Å². The summed E-state index contributed by atoms with van der Waals surface area (Å²) in [5.74, 6) is 0.816. The first-order valence-corrected chi connectivity index (χ1v) is 8.06. The topological polar surface area (TPSA) is 55.3 Å². The van der Waals surface area contributed by atoms with Crippen LogP contribution in [-0.4, -0.2) is 42.4 Å². The Morgan fingerprint density at radius 2 is 1.95 bits per heavy atom. The molecule has 0 bridgehead atoms. The van der Waals surface area contributed by atoms with Gasteiger partial charge in [0.05, 0.1) is 12.4 Å². The summed E-state index contributed by atoms with van der Waals surface area (Å²) in [5, 5.41) is 8.80. The summed E-state index contributed by atoms with van der Waals surface area (Å²) in [6, 6.07) is 7.15. The number of ether oxygens (including phenoxy) is 1. The molecule has 0 N–H and O–H groups in total. The van der Waals surface area contributed by atoms with E-state index in [0.29, 0.717) is 5.56 Å². The molecule has 1 atom stereocenters. The number of carbonyl (C=O) groups excluding carboxylic acids is 1. The summed E-state index contributed by atoms with van der Waals surface area (Å²) in [5.41, 5.74) is 0.674. The molecule has 0 saturated carbocycles. The zero-order valence-electron chi connectivity index (χ0n) is 12.4. The Bertz CT molecular complexity index is 611. The third-order valence-electron chi connectivity index (χ3n) is 2.80. The van der Waals surface area contributed by atoms with Crippen LogP contribution in [-0.2, 0) is 0 Å². The predicted molar refractivity (Wildman–Crippen MR) is 86.9 cm³/mol. The zero-order valence-corrected chi connectivity index (χ0v) is 14.0. The molecule has 0 saturated heterocycles. The third-order valence-corrected chi connectivity index (χ3v) is 5.07. The second-order valence-corrected chi connectivity index (χ2v) is 7.14. The number of thioether (sulfide) groups is 1. The Labute approximate surface area is 132 Å². The SMILES string of the molecule is COc1ccc(C(=O)C(C)Sc2nnc(N(C)C)s2)cc1. The lowest BCUT2D eigenvalue weighted by molar-refractivity contribution is 0.0994. The second kappa shape index (κ2) is 6.91. The maximum absolute atomic E-state index is 12.4. The molecule has 5 nitrogen and oxygen atoms in total. The van der Waals surface area contributed by atoms with E-state index in [1.165, 1.54) is 23.1 Å². The summed E-state index contributed by atoms with van der Waals surface area (Å²) in [7, 11) is 5.44. The minimum Gasteiger partial charge on any atom is -0.497 e. The van der Waals surface area contributed by atoms with Gasteiger partial charge < -0.3 is 9.64 Å². The van der Waals surface area contributed by atoms with Crippen LogP contribution >= 0.6 is 23.1 Å². The molecule has 7 heteroatoms. The van der Waals surface area contributed by atoms with E-state index in [1.807, 2.05) is 25.9 Å². The summed E-state index contributed by atoms with van der Waals surface area (Å²) < 4.78 is 5.89. The van der Waals surface area contributed by atoms with Gasteiger partial charge in [-0.2, -0.15) is 0 Å². The lowest BCUT2D eigenvalue weighted by Crippen LogP contribution is -2.13. The average molecular weight is 323 g/mol. The first-order valence-electron chi connectivity index (χ1n) is 6.37. The average Bonchev–Trinajstić information content (AvgIpc) is 2.95. The molecule has 0 fully saturated rings. The van der Waals surface area contributed by atoms with Crippen molar-refractivity contribution in [2.75, 3.05) is 26.1 Å². The van der Waals surface area contributed by atoms with Crippen molar-refractivity contribution in [3.05, 3.63) is 29.8 Å². The Kier molecular flexibility index (Phi) is 5.19. The molecule has 0 amide bonds. The number of ketones is 1. The van der Waals surface area contributed by atoms with Gasteiger partial charge >= 0.3 is 0 Å². The van der Waals surface area contributed by atoms with Crippen LogP contribution in [0.2, 0.25) is 0 Å². The Morgan fingerprint density at radius 3 is 2.48 bits per heavy atom. The Hall–Kier alpha value is -1.60. The number of anilines is 1. The molecule has 112 valence electrons. The van der Waals surface area contributed by atoms with E-state index in [4.69, 9.17) is 4.74 Å². The van der Waals surface area contributed by atoms with Crippen molar-refractivity contribution < 1.29 is 9.53 Å². The minimum atomic E-state index is -0.207. The highest BCUT2D eigenvalue weighted by Crippen LogP contribution is 2.31. The monoisotopic (exact) mass is 323 g/mol. The van der Waals surface area contributed by atoms with Crippen molar-refractivity contribution in [2.45, 2.75) is 16.5 Å². The number of hydrogen-bond donors (Lipinski definition) is 0. The van der Waals surface area contributed by atoms with Gasteiger partial charge in [0, 0.05) is 19.7 Å². The highest BCUT2D eigenvalue weighted by atomic mass is 32.2. The quantitative estimate of drug-likeness (QED) is 0.602. The Morgan fingerprint density at radius 1 is 1.29 bits per heavy atom. The highest BCUT2D eigenvalue weighted by molar-refractivity contribution is 8.02. The first-order chi connectivity index (χ1) is 10.0. The molecule has 21 heavy (non-hydrogen) atoms. The second-order valence-electron chi connectivity index (χ2n) is 4.60. The van der Waals surface area contributed by atoms with Crippen molar-refractivity contribution in [3.63, 3.8) is 0 Å². The van der Waals surface area contributed by atoms with Crippen molar-refractivity contribution in [1.29, 1.82) is 0 Å². The van der Waals surface area contributed by atoms with Gasteiger partial charge in [-0.15, -0.1) is 10.2 Å². The molecular weight excluding hydrogens is 306 g/mol. The van der Waals surface area contributed by atoms with Crippen molar-refractivity contribution in [3.8, 4) is 5.75 Å². The maximum Gasteiger partial charge on any atom is 0.208 e. The first kappa shape index (κ1) is 15.8. The van der Waals surface area contributed by atoms with Gasteiger partial charge in [0.1, 0.15) is 5.75 Å². The van der Waals surface area contributed by atoms with Gasteiger partial charge in [-0.3, -0.25) is 4.79 Å². The van der Waals surface area contributed by atoms with Crippen molar-refractivity contribution in [2.24, 2.45) is 0 Å². The van der Waals surface area contributed by atoms with Crippen LogP contribution in [0.15, 0.2) is 28.6 Å². The van der Waals surface area contributed by atoms with E-state index in [-0.39, 0.29) is 11.0 Å². The van der Waals surface area contributed by atoms with Gasteiger partial charge in [-0.25, -0.2) is 0 Å². The van der Waals surface area contributed by atoms with E-state index in [0.717, 1.165) is 15.2 Å². The molecule has 1 aromatic heterocycles.